The topological polar surface area (TPSA) is 61.7 Å². The summed E-state index contributed by atoms with van der Waals surface area (Å²) in [6.45, 7) is 7.19. The molecule has 5 nitrogen and oxygen atoms in total. The van der Waals surface area contributed by atoms with Gasteiger partial charge in [-0.05, 0) is 45.9 Å². The largest absolute Gasteiger partial charge is 0.379 e. The highest BCUT2D eigenvalue weighted by molar-refractivity contribution is 7.54. The monoisotopic (exact) mass is 367 g/mol. The van der Waals surface area contributed by atoms with Crippen LogP contribution in [0.3, 0.4) is 0 Å². The first kappa shape index (κ1) is 19.6. The van der Waals surface area contributed by atoms with Crippen LogP contribution in [0.2, 0.25) is 0 Å². The van der Waals surface area contributed by atoms with Gasteiger partial charge in [-0.3, -0.25) is 9.88 Å². The number of hydrogen-bond acceptors (Lipinski definition) is 4. The highest BCUT2D eigenvalue weighted by atomic mass is 31.2. The van der Waals surface area contributed by atoms with Crippen LogP contribution in [-0.4, -0.2) is 12.2 Å². The normalized spacial score (nSPS) is 13.2. The molecule has 0 aliphatic heterocycles. The summed E-state index contributed by atoms with van der Waals surface area (Å²) in [7, 11) is -3.60. The van der Waals surface area contributed by atoms with Crippen LogP contribution in [0.1, 0.15) is 39.0 Å². The van der Waals surface area contributed by atoms with Gasteiger partial charge >= 0.3 is 7.60 Å². The molecule has 1 atom stereocenters. The van der Waals surface area contributed by atoms with Crippen LogP contribution in [0, 0.1) is 5.82 Å². The van der Waals surface area contributed by atoms with Crippen LogP contribution in [0.15, 0.2) is 48.7 Å². The van der Waals surface area contributed by atoms with Crippen molar-refractivity contribution < 1.29 is 23.0 Å². The average molecular weight is 367 g/mol. The predicted molar refractivity (Wildman–Crippen MR) is 95.8 cm³/mol. The molecule has 2 aromatic rings. The molecule has 0 aliphatic carbocycles. The van der Waals surface area contributed by atoms with Gasteiger partial charge in [0.25, 0.3) is 5.82 Å². The van der Waals surface area contributed by atoms with Crippen LogP contribution in [0.25, 0.3) is 0 Å². The third-order valence-electron chi connectivity index (χ3n) is 3.22. The van der Waals surface area contributed by atoms with E-state index in [4.69, 9.17) is 9.05 Å². The number of anilines is 1. The summed E-state index contributed by atoms with van der Waals surface area (Å²) >= 11 is 0. The number of aromatic amines is 1. The first-order valence-electron chi connectivity index (χ1n) is 8.25. The molecular formula is C18H25FN2O3P+. The minimum absolute atomic E-state index is 0.297. The van der Waals surface area contributed by atoms with Gasteiger partial charge in [-0.2, -0.15) is 0 Å². The number of hydrogen-bond donors (Lipinski definition) is 1. The van der Waals surface area contributed by atoms with E-state index in [1.165, 1.54) is 12.1 Å². The number of benzene rings is 1. The Morgan fingerprint density at radius 1 is 1.00 bits per heavy atom. The smallest absolute Gasteiger partial charge is 0.303 e. The van der Waals surface area contributed by atoms with Gasteiger partial charge in [-0.15, -0.1) is 0 Å². The summed E-state index contributed by atoms with van der Waals surface area (Å²) in [4.78, 5) is 3.04. The summed E-state index contributed by atoms with van der Waals surface area (Å²) in [5.41, 5.74) is 0.614. The highest BCUT2D eigenvalue weighted by Crippen LogP contribution is 2.62. The van der Waals surface area contributed by atoms with E-state index in [1.54, 1.807) is 46.0 Å². The van der Waals surface area contributed by atoms with Crippen LogP contribution in [-0.2, 0) is 13.6 Å². The zero-order chi connectivity index (χ0) is 18.4. The van der Waals surface area contributed by atoms with E-state index in [2.05, 4.69) is 10.3 Å². The second kappa shape index (κ2) is 8.56. The molecule has 136 valence electrons. The minimum Gasteiger partial charge on any atom is -0.303 e. The number of halogens is 1. The van der Waals surface area contributed by atoms with Crippen molar-refractivity contribution in [2.24, 2.45) is 0 Å². The zero-order valence-corrected chi connectivity index (χ0v) is 15.8. The van der Waals surface area contributed by atoms with Crippen molar-refractivity contribution in [2.45, 2.75) is 45.7 Å². The molecule has 0 spiro atoms. The lowest BCUT2D eigenvalue weighted by Gasteiger charge is -2.28. The van der Waals surface area contributed by atoms with E-state index in [0.717, 1.165) is 0 Å². The van der Waals surface area contributed by atoms with Crippen molar-refractivity contribution in [1.29, 1.82) is 0 Å². The van der Waals surface area contributed by atoms with E-state index in [9.17, 15) is 8.96 Å². The lowest BCUT2D eigenvalue weighted by Crippen LogP contribution is -2.22. The molecule has 0 bridgehead atoms. The number of nitrogens with one attached hydrogen (secondary N) is 2. The third kappa shape index (κ3) is 5.63. The van der Waals surface area contributed by atoms with E-state index in [-0.39, 0.29) is 18.0 Å². The van der Waals surface area contributed by atoms with Crippen molar-refractivity contribution in [2.75, 3.05) is 5.32 Å². The molecule has 2 rings (SSSR count). The average Bonchev–Trinajstić information content (AvgIpc) is 2.53. The molecule has 0 amide bonds. The Hall–Kier alpha value is -1.75. The van der Waals surface area contributed by atoms with Gasteiger partial charge in [0.1, 0.15) is 5.82 Å². The SMILES string of the molecule is CC(C)OP(=O)(OC(C)C)[C@H](Nc1cccc[nH+]1)c1ccc(F)cc1. The Balaban J connectivity index is 2.46. The standard InChI is InChI=1S/C18H24FN2O3P/c1-13(2)23-25(22,24-14(3)4)18(15-8-10-16(19)11-9-15)21-17-7-5-6-12-20-17/h5-14,18H,1-4H3,(H,20,21)/p+1/t18-/m0/s1. The Kier molecular flexibility index (Phi) is 6.71. The fraction of sp³-hybridized carbons (Fsp3) is 0.389. The molecular weight excluding hydrogens is 342 g/mol. The molecule has 0 saturated carbocycles. The number of pyridine rings is 1. The van der Waals surface area contributed by atoms with Crippen LogP contribution in [0.5, 0.6) is 0 Å². The molecule has 7 heteroatoms. The Morgan fingerprint density at radius 3 is 2.08 bits per heavy atom. The molecule has 0 fully saturated rings. The lowest BCUT2D eigenvalue weighted by molar-refractivity contribution is -0.361. The van der Waals surface area contributed by atoms with Gasteiger partial charge < -0.3 is 9.05 Å². The Bertz CT molecular complexity index is 694. The van der Waals surface area contributed by atoms with E-state index in [0.29, 0.717) is 11.4 Å². The molecule has 0 radical (unpaired) electrons. The maximum absolute atomic E-state index is 13.6. The van der Waals surface area contributed by atoms with E-state index >= 15 is 0 Å². The molecule has 2 N–H and O–H groups in total. The molecule has 0 saturated heterocycles. The summed E-state index contributed by atoms with van der Waals surface area (Å²) in [5, 5.41) is 3.17. The predicted octanol–water partition coefficient (Wildman–Crippen LogP) is 4.79. The second-order valence-corrected chi connectivity index (χ2v) is 8.24. The summed E-state index contributed by atoms with van der Waals surface area (Å²) < 4.78 is 38.4. The van der Waals surface area contributed by atoms with Crippen LogP contribution in [0.4, 0.5) is 10.2 Å². The third-order valence-corrected chi connectivity index (χ3v) is 5.71. The fourth-order valence-corrected chi connectivity index (χ4v) is 4.66. The maximum atomic E-state index is 13.6. The molecule has 1 aromatic carbocycles. The van der Waals surface area contributed by atoms with Gasteiger partial charge in [0.15, 0.2) is 0 Å². The van der Waals surface area contributed by atoms with Gasteiger partial charge in [-0.25, -0.2) is 9.37 Å². The summed E-state index contributed by atoms with van der Waals surface area (Å²) in [6.07, 6.45) is 1.16. The van der Waals surface area contributed by atoms with E-state index < -0.39 is 13.4 Å². The molecule has 0 aliphatic rings. The Morgan fingerprint density at radius 2 is 1.60 bits per heavy atom. The molecule has 25 heavy (non-hydrogen) atoms. The van der Waals surface area contributed by atoms with E-state index in [1.807, 2.05) is 18.2 Å². The maximum Gasteiger partial charge on any atom is 0.379 e. The molecule has 0 unspecified atom stereocenters. The molecule has 1 aromatic heterocycles. The number of aromatic nitrogens is 1. The van der Waals surface area contributed by atoms with Gasteiger partial charge in [0.2, 0.25) is 5.78 Å². The quantitative estimate of drug-likeness (QED) is 0.681. The van der Waals surface area contributed by atoms with Crippen molar-refractivity contribution >= 4 is 13.4 Å². The second-order valence-electron chi connectivity index (χ2n) is 6.22. The lowest BCUT2D eigenvalue weighted by atomic mass is 10.2. The molecule has 1 heterocycles. The van der Waals surface area contributed by atoms with Gasteiger partial charge in [0, 0.05) is 11.6 Å². The number of H-pyrrole nitrogens is 1. The first-order valence-corrected chi connectivity index (χ1v) is 9.86. The number of rotatable bonds is 8. The minimum atomic E-state index is -3.60. The summed E-state index contributed by atoms with van der Waals surface area (Å²) in [6, 6.07) is 11.3. The zero-order valence-electron chi connectivity index (χ0n) is 14.9. The van der Waals surface area contributed by atoms with Crippen LogP contribution < -0.4 is 10.3 Å². The highest BCUT2D eigenvalue weighted by Gasteiger charge is 2.43. The Labute approximate surface area is 148 Å². The fourth-order valence-electron chi connectivity index (χ4n) is 2.35. The van der Waals surface area contributed by atoms with Crippen LogP contribution >= 0.6 is 7.60 Å². The van der Waals surface area contributed by atoms with Crippen molar-refractivity contribution in [3.8, 4) is 0 Å². The van der Waals surface area contributed by atoms with Crippen molar-refractivity contribution in [3.05, 3.63) is 60.0 Å². The van der Waals surface area contributed by atoms with Crippen molar-refractivity contribution in [3.63, 3.8) is 0 Å². The van der Waals surface area contributed by atoms with Gasteiger partial charge in [0.05, 0.1) is 18.4 Å². The van der Waals surface area contributed by atoms with Gasteiger partial charge in [-0.1, -0.05) is 18.2 Å². The first-order chi connectivity index (χ1) is 11.8. The van der Waals surface area contributed by atoms with Crippen molar-refractivity contribution in [1.82, 2.24) is 0 Å². The summed E-state index contributed by atoms with van der Waals surface area (Å²) in [5.74, 6) is -0.494.